The zero-order chi connectivity index (χ0) is 11.7. The van der Waals surface area contributed by atoms with Crippen LogP contribution < -0.4 is 4.90 Å². The van der Waals surface area contributed by atoms with E-state index in [4.69, 9.17) is 5.11 Å². The van der Waals surface area contributed by atoms with Gasteiger partial charge in [0.1, 0.15) is 11.4 Å². The van der Waals surface area contributed by atoms with Gasteiger partial charge in [0.25, 0.3) is 0 Å². The maximum absolute atomic E-state index is 11.1. The fourth-order valence-corrected chi connectivity index (χ4v) is 2.15. The van der Waals surface area contributed by atoms with Crippen molar-refractivity contribution in [2.45, 2.75) is 25.3 Å². The van der Waals surface area contributed by atoms with Crippen molar-refractivity contribution in [2.24, 2.45) is 0 Å². The number of rotatable bonds is 3. The minimum absolute atomic E-state index is 0.253. The number of hydrogen-bond donors (Lipinski definition) is 1. The van der Waals surface area contributed by atoms with E-state index in [1.54, 1.807) is 12.3 Å². The average Bonchev–Trinajstić information content (AvgIpc) is 2.14. The molecule has 1 saturated carbocycles. The van der Waals surface area contributed by atoms with Gasteiger partial charge >= 0.3 is 5.97 Å². The maximum atomic E-state index is 11.1. The van der Waals surface area contributed by atoms with Crippen LogP contribution in [0.2, 0.25) is 0 Å². The summed E-state index contributed by atoms with van der Waals surface area (Å²) in [6.45, 7) is 0. The van der Waals surface area contributed by atoms with Crippen molar-refractivity contribution in [1.82, 2.24) is 4.98 Å². The number of halogens is 1. The minimum Gasteiger partial charge on any atom is -0.478 e. The molecule has 0 atom stereocenters. The Morgan fingerprint density at radius 1 is 1.62 bits per heavy atom. The van der Waals surface area contributed by atoms with Crippen molar-refractivity contribution in [3.8, 4) is 0 Å². The predicted octanol–water partition coefficient (Wildman–Crippen LogP) is 2.53. The van der Waals surface area contributed by atoms with Crippen LogP contribution in [-0.2, 0) is 0 Å². The van der Waals surface area contributed by atoms with E-state index in [1.165, 1.54) is 6.42 Å². The van der Waals surface area contributed by atoms with Gasteiger partial charge in [-0.05, 0) is 41.3 Å². The maximum Gasteiger partial charge on any atom is 0.339 e. The summed E-state index contributed by atoms with van der Waals surface area (Å²) in [5.41, 5.74) is 0.253. The number of anilines is 1. The molecular formula is C11H13BrN2O2. The Hall–Kier alpha value is -1.10. The number of carboxylic acids is 1. The summed E-state index contributed by atoms with van der Waals surface area (Å²) in [6.07, 6.45) is 5.09. The van der Waals surface area contributed by atoms with Crippen LogP contribution in [0.1, 0.15) is 29.6 Å². The first-order valence-corrected chi connectivity index (χ1v) is 6.00. The molecule has 0 unspecified atom stereocenters. The molecule has 1 aromatic heterocycles. The molecule has 16 heavy (non-hydrogen) atoms. The molecule has 0 amide bonds. The summed E-state index contributed by atoms with van der Waals surface area (Å²) in [5, 5.41) is 9.12. The van der Waals surface area contributed by atoms with Crippen LogP contribution in [-0.4, -0.2) is 29.1 Å². The Balaban J connectivity index is 2.34. The van der Waals surface area contributed by atoms with Gasteiger partial charge in [0.15, 0.2) is 0 Å². The zero-order valence-corrected chi connectivity index (χ0v) is 10.6. The SMILES string of the molecule is CN(c1ncc(Br)cc1C(=O)O)C1CCC1. The molecule has 1 aliphatic rings. The van der Waals surface area contributed by atoms with E-state index in [0.29, 0.717) is 16.3 Å². The fraction of sp³-hybridized carbons (Fsp3) is 0.455. The van der Waals surface area contributed by atoms with Crippen LogP contribution >= 0.6 is 15.9 Å². The number of aromatic carboxylic acids is 1. The molecule has 1 N–H and O–H groups in total. The second-order valence-corrected chi connectivity index (χ2v) is 4.94. The van der Waals surface area contributed by atoms with Gasteiger partial charge in [-0.25, -0.2) is 9.78 Å². The third-order valence-electron chi connectivity index (χ3n) is 3.02. The monoisotopic (exact) mass is 284 g/mol. The predicted molar refractivity (Wildman–Crippen MR) is 64.9 cm³/mol. The van der Waals surface area contributed by atoms with Crippen LogP contribution in [0, 0.1) is 0 Å². The Morgan fingerprint density at radius 2 is 2.31 bits per heavy atom. The largest absolute Gasteiger partial charge is 0.478 e. The molecule has 2 rings (SSSR count). The fourth-order valence-electron chi connectivity index (χ4n) is 1.82. The van der Waals surface area contributed by atoms with Gasteiger partial charge in [-0.3, -0.25) is 0 Å². The molecule has 0 radical (unpaired) electrons. The molecule has 5 heteroatoms. The van der Waals surface area contributed by atoms with Crippen molar-refractivity contribution in [2.75, 3.05) is 11.9 Å². The Bertz CT molecular complexity index is 418. The molecule has 1 aliphatic carbocycles. The molecule has 1 fully saturated rings. The average molecular weight is 285 g/mol. The first-order chi connectivity index (χ1) is 7.59. The van der Waals surface area contributed by atoms with Crippen LogP contribution in [0.3, 0.4) is 0 Å². The minimum atomic E-state index is -0.935. The van der Waals surface area contributed by atoms with Crippen molar-refractivity contribution < 1.29 is 9.90 Å². The Kier molecular flexibility index (Phi) is 3.14. The third-order valence-corrected chi connectivity index (χ3v) is 3.45. The van der Waals surface area contributed by atoms with Crippen LogP contribution in [0.15, 0.2) is 16.7 Å². The van der Waals surface area contributed by atoms with Gasteiger partial charge in [0, 0.05) is 23.8 Å². The lowest BCUT2D eigenvalue weighted by molar-refractivity contribution is 0.0697. The van der Waals surface area contributed by atoms with E-state index in [2.05, 4.69) is 20.9 Å². The summed E-state index contributed by atoms with van der Waals surface area (Å²) >= 11 is 3.24. The van der Waals surface area contributed by atoms with Crippen LogP contribution in [0.25, 0.3) is 0 Å². The van der Waals surface area contributed by atoms with Gasteiger partial charge < -0.3 is 10.0 Å². The second kappa shape index (κ2) is 4.41. The molecule has 4 nitrogen and oxygen atoms in total. The van der Waals surface area contributed by atoms with Crippen LogP contribution in [0.4, 0.5) is 5.82 Å². The molecule has 0 spiro atoms. The number of carbonyl (C=O) groups is 1. The summed E-state index contributed by atoms with van der Waals surface area (Å²) in [5.74, 6) is -0.379. The number of carboxylic acid groups (broad SMARTS) is 1. The number of aromatic nitrogens is 1. The van der Waals surface area contributed by atoms with E-state index in [1.807, 2.05) is 11.9 Å². The van der Waals surface area contributed by atoms with Gasteiger partial charge in [0.05, 0.1) is 0 Å². The zero-order valence-electron chi connectivity index (χ0n) is 8.98. The highest BCUT2D eigenvalue weighted by Gasteiger charge is 2.26. The van der Waals surface area contributed by atoms with Gasteiger partial charge in [-0.1, -0.05) is 0 Å². The molecule has 86 valence electrons. The van der Waals surface area contributed by atoms with Gasteiger partial charge in [0.2, 0.25) is 0 Å². The van der Waals surface area contributed by atoms with Crippen molar-refractivity contribution >= 4 is 27.7 Å². The molecular weight excluding hydrogens is 272 g/mol. The number of hydrogen-bond acceptors (Lipinski definition) is 3. The van der Waals surface area contributed by atoms with E-state index in [-0.39, 0.29) is 5.56 Å². The Labute approximate surface area is 102 Å². The summed E-state index contributed by atoms with van der Waals surface area (Å²) in [7, 11) is 1.91. The topological polar surface area (TPSA) is 53.4 Å². The van der Waals surface area contributed by atoms with Gasteiger partial charge in [-0.15, -0.1) is 0 Å². The molecule has 0 aliphatic heterocycles. The summed E-state index contributed by atoms with van der Waals surface area (Å²) < 4.78 is 0.690. The van der Waals surface area contributed by atoms with E-state index in [9.17, 15) is 4.79 Å². The van der Waals surface area contributed by atoms with Crippen molar-refractivity contribution in [3.63, 3.8) is 0 Å². The lowest BCUT2D eigenvalue weighted by Crippen LogP contribution is -2.38. The molecule has 0 aromatic carbocycles. The Morgan fingerprint density at radius 3 is 2.81 bits per heavy atom. The molecule has 1 heterocycles. The smallest absolute Gasteiger partial charge is 0.339 e. The molecule has 0 bridgehead atoms. The highest BCUT2D eigenvalue weighted by atomic mass is 79.9. The molecule has 0 saturated heterocycles. The van der Waals surface area contributed by atoms with Crippen LogP contribution in [0.5, 0.6) is 0 Å². The van der Waals surface area contributed by atoms with E-state index in [0.717, 1.165) is 12.8 Å². The van der Waals surface area contributed by atoms with Crippen molar-refractivity contribution in [3.05, 3.63) is 22.3 Å². The van der Waals surface area contributed by atoms with Crippen molar-refractivity contribution in [1.29, 1.82) is 0 Å². The second-order valence-electron chi connectivity index (χ2n) is 4.03. The first kappa shape index (κ1) is 11.4. The summed E-state index contributed by atoms with van der Waals surface area (Å²) in [4.78, 5) is 17.3. The van der Waals surface area contributed by atoms with E-state index >= 15 is 0 Å². The molecule has 1 aromatic rings. The highest BCUT2D eigenvalue weighted by molar-refractivity contribution is 9.10. The highest BCUT2D eigenvalue weighted by Crippen LogP contribution is 2.29. The summed E-state index contributed by atoms with van der Waals surface area (Å²) in [6, 6.07) is 2.03. The van der Waals surface area contributed by atoms with E-state index < -0.39 is 5.97 Å². The third kappa shape index (κ3) is 2.04. The first-order valence-electron chi connectivity index (χ1n) is 5.21. The van der Waals surface area contributed by atoms with Gasteiger partial charge in [-0.2, -0.15) is 0 Å². The normalized spacial score (nSPS) is 15.6. The lowest BCUT2D eigenvalue weighted by atomic mass is 9.91. The number of pyridine rings is 1. The lowest BCUT2D eigenvalue weighted by Gasteiger charge is -2.36. The number of nitrogens with zero attached hydrogens (tertiary/aromatic N) is 2. The quantitative estimate of drug-likeness (QED) is 0.927. The standard InChI is InChI=1S/C11H13BrN2O2/c1-14(8-3-2-4-8)10-9(11(15)16)5-7(12)6-13-10/h5-6,8H,2-4H2,1H3,(H,15,16).